The summed E-state index contributed by atoms with van der Waals surface area (Å²) in [5.41, 5.74) is 0.870. The zero-order chi connectivity index (χ0) is 20.6. The van der Waals surface area contributed by atoms with Crippen LogP contribution in [-0.2, 0) is 14.9 Å². The molecule has 1 amide bonds. The zero-order valence-electron chi connectivity index (χ0n) is 17.2. The van der Waals surface area contributed by atoms with Gasteiger partial charge >= 0.3 is 0 Å². The van der Waals surface area contributed by atoms with Gasteiger partial charge in [-0.3, -0.25) is 4.79 Å². The van der Waals surface area contributed by atoms with E-state index in [9.17, 15) is 4.79 Å². The highest BCUT2D eigenvalue weighted by Crippen LogP contribution is 2.40. The Kier molecular flexibility index (Phi) is 8.38. The van der Waals surface area contributed by atoms with Gasteiger partial charge in [-0.15, -0.1) is 0 Å². The number of hydrogen-bond acceptors (Lipinski definition) is 4. The van der Waals surface area contributed by atoms with Crippen LogP contribution in [0.2, 0.25) is 5.02 Å². The fourth-order valence-electron chi connectivity index (χ4n) is 3.28. The molecular weight excluding hydrogens is 380 g/mol. The Labute approximate surface area is 172 Å². The maximum atomic E-state index is 11.9. The summed E-state index contributed by atoms with van der Waals surface area (Å²) < 4.78 is 11.2. The van der Waals surface area contributed by atoms with E-state index in [2.05, 4.69) is 15.6 Å². The van der Waals surface area contributed by atoms with Gasteiger partial charge in [0, 0.05) is 56.4 Å². The Bertz CT molecular complexity index is 688. The van der Waals surface area contributed by atoms with Crippen molar-refractivity contribution in [2.24, 2.45) is 4.99 Å². The minimum absolute atomic E-state index is 0.0468. The third-order valence-electron chi connectivity index (χ3n) is 4.99. The molecule has 0 saturated carbocycles. The Morgan fingerprint density at radius 1 is 1.32 bits per heavy atom. The first kappa shape index (κ1) is 22.3. The number of nitrogens with one attached hydrogen (secondary N) is 2. The van der Waals surface area contributed by atoms with E-state index >= 15 is 0 Å². The van der Waals surface area contributed by atoms with Crippen LogP contribution in [0.3, 0.4) is 0 Å². The predicted octanol–water partition coefficient (Wildman–Crippen LogP) is 2.04. The summed E-state index contributed by atoms with van der Waals surface area (Å²) in [6, 6.07) is 5.72. The van der Waals surface area contributed by atoms with Gasteiger partial charge in [-0.2, -0.15) is 0 Å². The number of amides is 1. The van der Waals surface area contributed by atoms with E-state index in [1.165, 1.54) is 4.90 Å². The van der Waals surface area contributed by atoms with Gasteiger partial charge in [-0.1, -0.05) is 11.6 Å². The molecule has 0 atom stereocenters. The van der Waals surface area contributed by atoms with Crippen molar-refractivity contribution in [3.05, 3.63) is 28.8 Å². The van der Waals surface area contributed by atoms with Gasteiger partial charge in [-0.25, -0.2) is 4.99 Å². The lowest BCUT2D eigenvalue weighted by molar-refractivity contribution is -0.127. The molecule has 156 valence electrons. The van der Waals surface area contributed by atoms with Crippen LogP contribution in [0.4, 0.5) is 0 Å². The summed E-state index contributed by atoms with van der Waals surface area (Å²) in [5, 5.41) is 7.29. The quantitative estimate of drug-likeness (QED) is 0.531. The zero-order valence-corrected chi connectivity index (χ0v) is 17.9. The highest BCUT2D eigenvalue weighted by atomic mass is 35.5. The molecule has 28 heavy (non-hydrogen) atoms. The molecule has 0 bridgehead atoms. The van der Waals surface area contributed by atoms with E-state index in [0.29, 0.717) is 37.3 Å². The molecule has 7 nitrogen and oxygen atoms in total. The van der Waals surface area contributed by atoms with Crippen molar-refractivity contribution in [3.63, 3.8) is 0 Å². The number of ether oxygens (including phenoxy) is 2. The first-order chi connectivity index (χ1) is 13.4. The second-order valence-corrected chi connectivity index (χ2v) is 7.51. The number of rotatable bonds is 7. The number of likely N-dealkylation sites (N-methyl/N-ethyl adjacent to an activating group) is 1. The SMILES string of the molecule is CCNC(=NCC(=O)N(C)C)NCC1(c2cc(Cl)ccc2OC)CCOCC1. The van der Waals surface area contributed by atoms with Crippen LogP contribution in [-0.4, -0.2) is 70.8 Å². The van der Waals surface area contributed by atoms with E-state index in [1.807, 2.05) is 25.1 Å². The van der Waals surface area contributed by atoms with Gasteiger partial charge in [0.25, 0.3) is 0 Å². The van der Waals surface area contributed by atoms with Crippen LogP contribution in [0.5, 0.6) is 5.75 Å². The van der Waals surface area contributed by atoms with Crippen molar-refractivity contribution in [1.29, 1.82) is 0 Å². The van der Waals surface area contributed by atoms with Crippen LogP contribution >= 0.6 is 11.6 Å². The average molecular weight is 411 g/mol. The lowest BCUT2D eigenvalue weighted by atomic mass is 9.73. The Morgan fingerprint density at radius 2 is 2.04 bits per heavy atom. The van der Waals surface area contributed by atoms with E-state index < -0.39 is 0 Å². The maximum absolute atomic E-state index is 11.9. The minimum Gasteiger partial charge on any atom is -0.496 e. The Morgan fingerprint density at radius 3 is 2.64 bits per heavy atom. The molecule has 0 aromatic heterocycles. The highest BCUT2D eigenvalue weighted by molar-refractivity contribution is 6.30. The largest absolute Gasteiger partial charge is 0.496 e. The van der Waals surface area contributed by atoms with Crippen molar-refractivity contribution in [3.8, 4) is 5.75 Å². The van der Waals surface area contributed by atoms with Crippen molar-refractivity contribution >= 4 is 23.5 Å². The molecule has 1 saturated heterocycles. The summed E-state index contributed by atoms with van der Waals surface area (Å²) in [7, 11) is 5.12. The van der Waals surface area contributed by atoms with Gasteiger partial charge in [0.05, 0.1) is 7.11 Å². The van der Waals surface area contributed by atoms with Crippen LogP contribution in [0.15, 0.2) is 23.2 Å². The van der Waals surface area contributed by atoms with Crippen LogP contribution in [0.25, 0.3) is 0 Å². The number of methoxy groups -OCH3 is 1. The average Bonchev–Trinajstić information content (AvgIpc) is 2.70. The lowest BCUT2D eigenvalue weighted by Crippen LogP contribution is -2.48. The van der Waals surface area contributed by atoms with E-state index in [0.717, 1.165) is 24.2 Å². The second kappa shape index (κ2) is 10.5. The fourth-order valence-corrected chi connectivity index (χ4v) is 3.45. The number of hydrogen-bond donors (Lipinski definition) is 2. The molecule has 1 fully saturated rings. The van der Waals surface area contributed by atoms with Crippen LogP contribution < -0.4 is 15.4 Å². The molecule has 1 aromatic carbocycles. The third kappa shape index (κ3) is 5.75. The summed E-state index contributed by atoms with van der Waals surface area (Å²) in [6.45, 7) is 4.77. The predicted molar refractivity (Wildman–Crippen MR) is 112 cm³/mol. The molecule has 2 rings (SSSR count). The van der Waals surface area contributed by atoms with E-state index in [1.54, 1.807) is 21.2 Å². The number of halogens is 1. The molecule has 0 radical (unpaired) electrons. The van der Waals surface area contributed by atoms with Gasteiger partial charge < -0.3 is 25.0 Å². The molecule has 1 aliphatic rings. The van der Waals surface area contributed by atoms with Crippen molar-refractivity contribution in [2.75, 3.05) is 54.1 Å². The number of aliphatic imine (C=N–C) groups is 1. The summed E-state index contributed by atoms with van der Waals surface area (Å²) in [6.07, 6.45) is 1.68. The molecule has 0 aliphatic carbocycles. The number of benzene rings is 1. The maximum Gasteiger partial charge on any atom is 0.243 e. The second-order valence-electron chi connectivity index (χ2n) is 7.07. The molecule has 1 heterocycles. The minimum atomic E-state index is -0.198. The molecule has 1 aliphatic heterocycles. The number of carbonyl (C=O) groups excluding carboxylic acids is 1. The summed E-state index contributed by atoms with van der Waals surface area (Å²) in [5.74, 6) is 1.39. The van der Waals surface area contributed by atoms with Gasteiger partial charge in [-0.05, 0) is 38.0 Å². The number of carbonyl (C=O) groups is 1. The van der Waals surface area contributed by atoms with Crippen molar-refractivity contribution < 1.29 is 14.3 Å². The molecule has 0 spiro atoms. The van der Waals surface area contributed by atoms with Crippen molar-refractivity contribution in [2.45, 2.75) is 25.2 Å². The Hall–Kier alpha value is -1.99. The number of nitrogens with zero attached hydrogens (tertiary/aromatic N) is 2. The first-order valence-electron chi connectivity index (χ1n) is 9.56. The molecule has 0 unspecified atom stereocenters. The summed E-state index contributed by atoms with van der Waals surface area (Å²) >= 11 is 6.30. The van der Waals surface area contributed by atoms with Crippen LogP contribution in [0.1, 0.15) is 25.3 Å². The van der Waals surface area contributed by atoms with Gasteiger partial charge in [0.2, 0.25) is 5.91 Å². The van der Waals surface area contributed by atoms with Crippen LogP contribution in [0, 0.1) is 0 Å². The Balaban J connectivity index is 2.25. The first-order valence-corrected chi connectivity index (χ1v) is 9.94. The topological polar surface area (TPSA) is 75.2 Å². The van der Waals surface area contributed by atoms with Gasteiger partial charge in [0.1, 0.15) is 12.3 Å². The van der Waals surface area contributed by atoms with E-state index in [4.69, 9.17) is 21.1 Å². The monoisotopic (exact) mass is 410 g/mol. The molecule has 1 aromatic rings. The highest BCUT2D eigenvalue weighted by Gasteiger charge is 2.37. The normalized spacial score (nSPS) is 16.4. The lowest BCUT2D eigenvalue weighted by Gasteiger charge is -2.39. The number of guanidine groups is 1. The molecule has 2 N–H and O–H groups in total. The standard InChI is InChI=1S/C20H31ClN4O3/c1-5-22-19(23-13-18(26)25(2)3)24-14-20(8-10-28-11-9-20)16-12-15(21)6-7-17(16)27-4/h6-7,12H,5,8-11,13-14H2,1-4H3,(H2,22,23,24). The summed E-state index contributed by atoms with van der Waals surface area (Å²) in [4.78, 5) is 17.8. The fraction of sp³-hybridized carbons (Fsp3) is 0.600. The van der Waals surface area contributed by atoms with E-state index in [-0.39, 0.29) is 17.9 Å². The third-order valence-corrected chi connectivity index (χ3v) is 5.23. The smallest absolute Gasteiger partial charge is 0.243 e. The van der Waals surface area contributed by atoms with Crippen molar-refractivity contribution in [1.82, 2.24) is 15.5 Å². The molecule has 8 heteroatoms. The molecular formula is C20H31ClN4O3. The van der Waals surface area contributed by atoms with Gasteiger partial charge in [0.15, 0.2) is 5.96 Å².